The molecule has 8 heteroatoms. The van der Waals surface area contributed by atoms with Crippen molar-refractivity contribution in [2.75, 3.05) is 14.2 Å². The molecule has 0 saturated carbocycles. The molecule has 1 aromatic carbocycles. The Hall–Kier alpha value is -3.42. The predicted molar refractivity (Wildman–Crippen MR) is 90.3 cm³/mol. The number of hydrogen-bond donors (Lipinski definition) is 1. The maximum Gasteiger partial charge on any atom is 0.309 e. The van der Waals surface area contributed by atoms with Gasteiger partial charge in [-0.2, -0.15) is 0 Å². The molecule has 25 heavy (non-hydrogen) atoms. The summed E-state index contributed by atoms with van der Waals surface area (Å²) in [5, 5.41) is 17.5. The summed E-state index contributed by atoms with van der Waals surface area (Å²) in [5.41, 5.74) is 1.44. The van der Waals surface area contributed by atoms with Crippen LogP contribution in [0.15, 0.2) is 52.8 Å². The van der Waals surface area contributed by atoms with Crippen LogP contribution in [0.5, 0.6) is 11.5 Å². The van der Waals surface area contributed by atoms with Crippen LogP contribution < -0.4 is 9.47 Å². The Kier molecular flexibility index (Phi) is 4.60. The Morgan fingerprint density at radius 2 is 2.04 bits per heavy atom. The molecule has 0 aliphatic rings. The number of aliphatic carboxylic acids is 1. The molecule has 0 atom stereocenters. The zero-order chi connectivity index (χ0) is 17.8. The third-order valence-corrected chi connectivity index (χ3v) is 3.53. The Labute approximate surface area is 143 Å². The van der Waals surface area contributed by atoms with Crippen molar-refractivity contribution >= 4 is 23.1 Å². The summed E-state index contributed by atoms with van der Waals surface area (Å²) < 4.78 is 12.1. The van der Waals surface area contributed by atoms with Gasteiger partial charge < -0.3 is 14.6 Å². The van der Waals surface area contributed by atoms with E-state index in [4.69, 9.17) is 14.6 Å². The topological polar surface area (TPSA) is 97.8 Å². The lowest BCUT2D eigenvalue weighted by atomic mass is 10.3. The van der Waals surface area contributed by atoms with E-state index in [-0.39, 0.29) is 6.42 Å². The molecule has 3 rings (SSSR count). The Balaban J connectivity index is 2.05. The quantitative estimate of drug-likeness (QED) is 0.694. The third-order valence-electron chi connectivity index (χ3n) is 3.53. The second-order valence-corrected chi connectivity index (χ2v) is 5.12. The van der Waals surface area contributed by atoms with Crippen LogP contribution in [0.25, 0.3) is 5.65 Å². The molecule has 0 fully saturated rings. The number of carboxylic acids is 1. The molecule has 0 bridgehead atoms. The highest BCUT2D eigenvalue weighted by atomic mass is 16.5. The number of carboxylic acid groups (broad SMARTS) is 1. The van der Waals surface area contributed by atoms with Gasteiger partial charge in [-0.3, -0.25) is 9.20 Å². The average Bonchev–Trinajstić information content (AvgIpc) is 2.96. The number of ether oxygens (including phenoxy) is 2. The zero-order valence-corrected chi connectivity index (χ0v) is 13.7. The van der Waals surface area contributed by atoms with Gasteiger partial charge in [-0.1, -0.05) is 6.07 Å². The molecule has 0 saturated heterocycles. The fourth-order valence-corrected chi connectivity index (χ4v) is 2.37. The van der Waals surface area contributed by atoms with Crippen molar-refractivity contribution in [3.8, 4) is 11.5 Å². The number of pyridine rings is 1. The van der Waals surface area contributed by atoms with E-state index in [0.29, 0.717) is 34.3 Å². The first-order chi connectivity index (χ1) is 12.1. The molecule has 0 radical (unpaired) electrons. The van der Waals surface area contributed by atoms with Gasteiger partial charge in [0, 0.05) is 12.3 Å². The van der Waals surface area contributed by atoms with Crippen LogP contribution in [0.3, 0.4) is 0 Å². The molecule has 0 aliphatic heterocycles. The van der Waals surface area contributed by atoms with Gasteiger partial charge in [-0.25, -0.2) is 4.98 Å². The van der Waals surface area contributed by atoms with E-state index in [1.165, 1.54) is 7.11 Å². The second kappa shape index (κ2) is 7.00. The molecular formula is C17H16N4O4. The van der Waals surface area contributed by atoms with Crippen LogP contribution in [-0.2, 0) is 11.2 Å². The predicted octanol–water partition coefficient (Wildman–Crippen LogP) is 3.39. The summed E-state index contributed by atoms with van der Waals surface area (Å²) in [6.07, 6.45) is 1.52. The van der Waals surface area contributed by atoms with Crippen molar-refractivity contribution in [3.63, 3.8) is 0 Å². The van der Waals surface area contributed by atoms with Crippen LogP contribution in [0.2, 0.25) is 0 Å². The van der Waals surface area contributed by atoms with Crippen molar-refractivity contribution in [3.05, 3.63) is 48.3 Å². The fraction of sp³-hybridized carbons (Fsp3) is 0.176. The number of nitrogens with zero attached hydrogens (tertiary/aromatic N) is 4. The van der Waals surface area contributed by atoms with E-state index in [0.717, 1.165) is 0 Å². The Morgan fingerprint density at radius 1 is 1.20 bits per heavy atom. The number of fused-ring (bicyclic) bond motifs is 1. The molecule has 0 spiro atoms. The van der Waals surface area contributed by atoms with Crippen LogP contribution in [0.4, 0.5) is 11.5 Å². The van der Waals surface area contributed by atoms with Crippen molar-refractivity contribution in [2.45, 2.75) is 6.42 Å². The van der Waals surface area contributed by atoms with E-state index in [1.54, 1.807) is 42.0 Å². The molecule has 0 unspecified atom stereocenters. The minimum atomic E-state index is -0.984. The van der Waals surface area contributed by atoms with E-state index in [1.807, 2.05) is 12.1 Å². The standard InChI is InChI=1S/C17H16N4O4/c1-24-11-6-7-12(14(9-11)25-2)19-20-17-13(10-16(22)23)18-15-5-3-4-8-21(15)17/h3-9H,10H2,1-2H3,(H,22,23). The van der Waals surface area contributed by atoms with Gasteiger partial charge >= 0.3 is 5.97 Å². The zero-order valence-electron chi connectivity index (χ0n) is 13.7. The van der Waals surface area contributed by atoms with Crippen molar-refractivity contribution in [2.24, 2.45) is 10.2 Å². The van der Waals surface area contributed by atoms with Crippen LogP contribution in [0.1, 0.15) is 5.69 Å². The van der Waals surface area contributed by atoms with Crippen molar-refractivity contribution in [1.29, 1.82) is 0 Å². The Morgan fingerprint density at radius 3 is 2.76 bits per heavy atom. The molecular weight excluding hydrogens is 324 g/mol. The number of benzene rings is 1. The summed E-state index contributed by atoms with van der Waals surface area (Å²) in [6.45, 7) is 0. The highest BCUT2D eigenvalue weighted by Gasteiger charge is 2.15. The van der Waals surface area contributed by atoms with E-state index >= 15 is 0 Å². The summed E-state index contributed by atoms with van der Waals surface area (Å²) >= 11 is 0. The minimum absolute atomic E-state index is 0.240. The van der Waals surface area contributed by atoms with E-state index in [9.17, 15) is 4.79 Å². The lowest BCUT2D eigenvalue weighted by Gasteiger charge is -2.06. The highest BCUT2D eigenvalue weighted by molar-refractivity contribution is 5.72. The molecule has 3 aromatic rings. The number of aromatic nitrogens is 2. The van der Waals surface area contributed by atoms with Crippen LogP contribution in [0, 0.1) is 0 Å². The van der Waals surface area contributed by atoms with Gasteiger partial charge in [0.15, 0.2) is 5.82 Å². The van der Waals surface area contributed by atoms with Crippen LogP contribution in [-0.4, -0.2) is 34.7 Å². The maximum atomic E-state index is 11.1. The van der Waals surface area contributed by atoms with Gasteiger partial charge in [0.2, 0.25) is 0 Å². The summed E-state index contributed by atoms with van der Waals surface area (Å²) in [6, 6.07) is 10.6. The van der Waals surface area contributed by atoms with Gasteiger partial charge in [0.25, 0.3) is 0 Å². The fourth-order valence-electron chi connectivity index (χ4n) is 2.37. The van der Waals surface area contributed by atoms with Gasteiger partial charge in [-0.15, -0.1) is 10.2 Å². The molecule has 2 aromatic heterocycles. The monoisotopic (exact) mass is 340 g/mol. The molecule has 2 heterocycles. The molecule has 8 nitrogen and oxygen atoms in total. The summed E-state index contributed by atoms with van der Waals surface area (Å²) in [7, 11) is 3.09. The number of rotatable bonds is 6. The number of hydrogen-bond acceptors (Lipinski definition) is 6. The minimum Gasteiger partial charge on any atom is -0.497 e. The number of methoxy groups -OCH3 is 2. The summed E-state index contributed by atoms with van der Waals surface area (Å²) in [5.74, 6) is 0.520. The van der Waals surface area contributed by atoms with Gasteiger partial charge in [-0.05, 0) is 24.3 Å². The van der Waals surface area contributed by atoms with Gasteiger partial charge in [0.1, 0.15) is 22.8 Å². The molecule has 128 valence electrons. The first-order valence-corrected chi connectivity index (χ1v) is 7.44. The maximum absolute atomic E-state index is 11.1. The van der Waals surface area contributed by atoms with Crippen molar-refractivity contribution in [1.82, 2.24) is 9.38 Å². The highest BCUT2D eigenvalue weighted by Crippen LogP contribution is 2.33. The average molecular weight is 340 g/mol. The lowest BCUT2D eigenvalue weighted by molar-refractivity contribution is -0.136. The first kappa shape index (κ1) is 16.4. The van der Waals surface area contributed by atoms with E-state index < -0.39 is 5.97 Å². The largest absolute Gasteiger partial charge is 0.497 e. The van der Waals surface area contributed by atoms with Crippen LogP contribution >= 0.6 is 0 Å². The second-order valence-electron chi connectivity index (χ2n) is 5.12. The first-order valence-electron chi connectivity index (χ1n) is 7.44. The smallest absolute Gasteiger partial charge is 0.309 e. The van der Waals surface area contributed by atoms with Crippen molar-refractivity contribution < 1.29 is 19.4 Å². The Bertz CT molecular complexity index is 949. The molecule has 0 aliphatic carbocycles. The number of azo groups is 1. The molecule has 1 N–H and O–H groups in total. The van der Waals surface area contributed by atoms with Gasteiger partial charge in [0.05, 0.1) is 26.3 Å². The number of imidazole rings is 1. The number of carbonyl (C=O) groups is 1. The third kappa shape index (κ3) is 3.42. The lowest BCUT2D eigenvalue weighted by Crippen LogP contribution is -2.00. The van der Waals surface area contributed by atoms with E-state index in [2.05, 4.69) is 15.2 Å². The SMILES string of the molecule is COc1ccc(N=Nc2c(CC(=O)O)nc3ccccn23)c(OC)c1. The summed E-state index contributed by atoms with van der Waals surface area (Å²) in [4.78, 5) is 15.4. The normalized spacial score (nSPS) is 11.1. The molecule has 0 amide bonds.